The molecule has 0 spiro atoms. The van der Waals surface area contributed by atoms with Gasteiger partial charge in [0.15, 0.2) is 0 Å². The molecular weight excluding hydrogens is 370 g/mol. The Morgan fingerprint density at radius 3 is 2.62 bits per heavy atom. The molecule has 2 aliphatic heterocycles. The highest BCUT2D eigenvalue weighted by Gasteiger charge is 2.38. The number of rotatable bonds is 3. The van der Waals surface area contributed by atoms with Crippen LogP contribution in [0.15, 0.2) is 36.4 Å². The number of nitrogens with two attached hydrogens (primary N) is 1. The van der Waals surface area contributed by atoms with Crippen LogP contribution in [0.2, 0.25) is 0 Å². The van der Waals surface area contributed by atoms with Crippen LogP contribution >= 0.6 is 0 Å². The van der Waals surface area contributed by atoms with Crippen LogP contribution in [0.3, 0.4) is 0 Å². The first kappa shape index (κ1) is 19.3. The van der Waals surface area contributed by atoms with E-state index in [9.17, 15) is 14.4 Å². The van der Waals surface area contributed by atoms with Crippen molar-refractivity contribution in [3.63, 3.8) is 0 Å². The zero-order valence-corrected chi connectivity index (χ0v) is 16.5. The number of amides is 3. The van der Waals surface area contributed by atoms with Crippen LogP contribution in [0.5, 0.6) is 0 Å². The van der Waals surface area contributed by atoms with Crippen LogP contribution in [-0.2, 0) is 4.74 Å². The zero-order valence-electron chi connectivity index (χ0n) is 16.5. The lowest BCUT2D eigenvalue weighted by Crippen LogP contribution is -2.48. The first-order valence-electron chi connectivity index (χ1n) is 9.61. The molecule has 0 saturated carbocycles. The summed E-state index contributed by atoms with van der Waals surface area (Å²) in [5, 5.41) is 0. The number of benzene rings is 2. The minimum atomic E-state index is -0.407. The quantitative estimate of drug-likeness (QED) is 0.804. The fraction of sp³-hybridized carbons (Fsp3) is 0.318. The first-order valence-corrected chi connectivity index (χ1v) is 9.61. The smallest absolute Gasteiger partial charge is 0.266 e. The van der Waals surface area contributed by atoms with Gasteiger partial charge >= 0.3 is 0 Å². The highest BCUT2D eigenvalue weighted by atomic mass is 16.5. The van der Waals surface area contributed by atoms with E-state index in [1.807, 2.05) is 32.0 Å². The predicted octanol–water partition coefficient (Wildman–Crippen LogP) is 1.90. The lowest BCUT2D eigenvalue weighted by Gasteiger charge is -2.32. The van der Waals surface area contributed by atoms with Crippen molar-refractivity contribution in [3.05, 3.63) is 64.2 Å². The summed E-state index contributed by atoms with van der Waals surface area (Å²) in [6.07, 6.45) is -0.190. The van der Waals surface area contributed by atoms with Crippen molar-refractivity contribution >= 4 is 23.4 Å². The fourth-order valence-corrected chi connectivity index (χ4v) is 3.78. The normalized spacial score (nSPS) is 18.9. The number of hydrogen-bond acceptors (Lipinski definition) is 5. The van der Waals surface area contributed by atoms with Crippen LogP contribution in [0.25, 0.3) is 0 Å². The SMILES string of the molecule is Cc1ccc(C)c(N2C(=O)c3ccc(C(=O)N4CCOC(CN)C4)cc3C2=O)c1. The highest BCUT2D eigenvalue weighted by molar-refractivity contribution is 6.35. The number of hydrogen-bond donors (Lipinski definition) is 1. The van der Waals surface area contributed by atoms with E-state index in [0.29, 0.717) is 43.1 Å². The number of fused-ring (bicyclic) bond motifs is 1. The molecule has 1 saturated heterocycles. The standard InChI is InChI=1S/C22H23N3O4/c1-13-3-4-14(2)19(9-13)25-21(27)17-6-5-15(10-18(17)22(25)28)20(26)24-7-8-29-16(11-23)12-24/h3-6,9-10,16H,7-8,11-12,23H2,1-2H3. The second-order valence-electron chi connectivity index (χ2n) is 7.48. The van der Waals surface area contributed by atoms with Crippen molar-refractivity contribution in [1.82, 2.24) is 4.90 Å². The number of carbonyl (C=O) groups excluding carboxylic acids is 3. The molecule has 2 N–H and O–H groups in total. The first-order chi connectivity index (χ1) is 13.9. The fourth-order valence-electron chi connectivity index (χ4n) is 3.78. The van der Waals surface area contributed by atoms with Gasteiger partial charge in [0, 0.05) is 25.2 Å². The van der Waals surface area contributed by atoms with E-state index >= 15 is 0 Å². The molecule has 150 valence electrons. The van der Waals surface area contributed by atoms with Gasteiger partial charge in [0.1, 0.15) is 0 Å². The van der Waals surface area contributed by atoms with E-state index in [-0.39, 0.29) is 23.5 Å². The Kier molecular flexibility index (Phi) is 4.94. The minimum absolute atomic E-state index is 0.190. The molecule has 1 unspecified atom stereocenters. The number of ether oxygens (including phenoxy) is 1. The van der Waals surface area contributed by atoms with Crippen LogP contribution in [0, 0.1) is 13.8 Å². The summed E-state index contributed by atoms with van der Waals surface area (Å²) < 4.78 is 5.51. The molecule has 2 aliphatic rings. The van der Waals surface area contributed by atoms with Crippen LogP contribution in [-0.4, -0.2) is 55.0 Å². The monoisotopic (exact) mass is 393 g/mol. The number of carbonyl (C=O) groups is 3. The molecule has 0 bridgehead atoms. The van der Waals surface area contributed by atoms with Crippen molar-refractivity contribution < 1.29 is 19.1 Å². The maximum atomic E-state index is 13.1. The molecule has 29 heavy (non-hydrogen) atoms. The number of imide groups is 1. The van der Waals surface area contributed by atoms with Gasteiger partial charge in [-0.15, -0.1) is 0 Å². The number of anilines is 1. The van der Waals surface area contributed by atoms with Gasteiger partial charge in [-0.3, -0.25) is 14.4 Å². The Labute approximate surface area is 169 Å². The Morgan fingerprint density at radius 1 is 1.10 bits per heavy atom. The third kappa shape index (κ3) is 3.32. The lowest BCUT2D eigenvalue weighted by atomic mass is 10.0. The van der Waals surface area contributed by atoms with Crippen LogP contribution < -0.4 is 10.6 Å². The number of aryl methyl sites for hydroxylation is 2. The minimum Gasteiger partial charge on any atom is -0.373 e. The molecule has 2 aromatic carbocycles. The van der Waals surface area contributed by atoms with Crippen molar-refractivity contribution in [3.8, 4) is 0 Å². The van der Waals surface area contributed by atoms with Crippen molar-refractivity contribution in [1.29, 1.82) is 0 Å². The van der Waals surface area contributed by atoms with E-state index < -0.39 is 5.91 Å². The Morgan fingerprint density at radius 2 is 1.86 bits per heavy atom. The maximum absolute atomic E-state index is 13.1. The topological polar surface area (TPSA) is 92.9 Å². The molecule has 1 fully saturated rings. The summed E-state index contributed by atoms with van der Waals surface area (Å²) >= 11 is 0. The van der Waals surface area contributed by atoms with Gasteiger partial charge in [-0.05, 0) is 49.2 Å². The van der Waals surface area contributed by atoms with Gasteiger partial charge in [0.2, 0.25) is 0 Å². The second-order valence-corrected chi connectivity index (χ2v) is 7.48. The van der Waals surface area contributed by atoms with E-state index in [1.165, 1.54) is 11.0 Å². The molecular formula is C22H23N3O4. The molecule has 0 aromatic heterocycles. The number of nitrogens with zero attached hydrogens (tertiary/aromatic N) is 2. The third-order valence-electron chi connectivity index (χ3n) is 5.43. The summed E-state index contributed by atoms with van der Waals surface area (Å²) in [6, 6.07) is 10.3. The van der Waals surface area contributed by atoms with Crippen LogP contribution in [0.1, 0.15) is 42.2 Å². The highest BCUT2D eigenvalue weighted by Crippen LogP contribution is 2.32. The summed E-state index contributed by atoms with van der Waals surface area (Å²) in [6.45, 7) is 5.42. The molecule has 1 atom stereocenters. The summed E-state index contributed by atoms with van der Waals surface area (Å²) in [4.78, 5) is 41.8. The van der Waals surface area contributed by atoms with Gasteiger partial charge in [0.05, 0.1) is 29.5 Å². The Bertz CT molecular complexity index is 1020. The van der Waals surface area contributed by atoms with Crippen molar-refractivity contribution in [2.45, 2.75) is 20.0 Å². The number of morpholine rings is 1. The zero-order chi connectivity index (χ0) is 20.7. The average Bonchev–Trinajstić information content (AvgIpc) is 2.99. The van der Waals surface area contributed by atoms with Gasteiger partial charge < -0.3 is 15.4 Å². The van der Waals surface area contributed by atoms with Crippen LogP contribution in [0.4, 0.5) is 5.69 Å². The van der Waals surface area contributed by atoms with Gasteiger partial charge in [-0.1, -0.05) is 12.1 Å². The van der Waals surface area contributed by atoms with E-state index in [4.69, 9.17) is 10.5 Å². The average molecular weight is 393 g/mol. The Balaban J connectivity index is 1.65. The summed E-state index contributed by atoms with van der Waals surface area (Å²) in [5.74, 6) is -0.970. The second kappa shape index (κ2) is 7.42. The van der Waals surface area contributed by atoms with E-state index in [2.05, 4.69) is 0 Å². The van der Waals surface area contributed by atoms with Gasteiger partial charge in [-0.25, -0.2) is 4.90 Å². The van der Waals surface area contributed by atoms with E-state index in [1.54, 1.807) is 17.0 Å². The molecule has 2 heterocycles. The third-order valence-corrected chi connectivity index (χ3v) is 5.43. The maximum Gasteiger partial charge on any atom is 0.266 e. The van der Waals surface area contributed by atoms with Gasteiger partial charge in [0.25, 0.3) is 17.7 Å². The molecule has 3 amide bonds. The molecule has 7 heteroatoms. The molecule has 0 radical (unpaired) electrons. The molecule has 7 nitrogen and oxygen atoms in total. The Hall–Kier alpha value is -3.03. The summed E-state index contributed by atoms with van der Waals surface area (Å²) in [7, 11) is 0. The lowest BCUT2D eigenvalue weighted by molar-refractivity contribution is -0.0167. The van der Waals surface area contributed by atoms with Crippen molar-refractivity contribution in [2.75, 3.05) is 31.1 Å². The van der Waals surface area contributed by atoms with E-state index in [0.717, 1.165) is 11.1 Å². The molecule has 0 aliphatic carbocycles. The largest absolute Gasteiger partial charge is 0.373 e. The van der Waals surface area contributed by atoms with Gasteiger partial charge in [-0.2, -0.15) is 0 Å². The summed E-state index contributed by atoms with van der Waals surface area (Å²) in [5.41, 5.74) is 8.97. The molecule has 4 rings (SSSR count). The molecule has 2 aromatic rings. The van der Waals surface area contributed by atoms with Crippen molar-refractivity contribution in [2.24, 2.45) is 5.73 Å². The predicted molar refractivity (Wildman–Crippen MR) is 108 cm³/mol.